The summed E-state index contributed by atoms with van der Waals surface area (Å²) in [5, 5.41) is 7.26. The lowest BCUT2D eigenvalue weighted by Gasteiger charge is -2.05. The molecule has 19 heavy (non-hydrogen) atoms. The summed E-state index contributed by atoms with van der Waals surface area (Å²) in [5.74, 6) is -0.260. The molecule has 8 heteroatoms. The quantitative estimate of drug-likeness (QED) is 0.921. The third-order valence-corrected chi connectivity index (χ3v) is 3.82. The molecule has 1 aliphatic rings. The topological polar surface area (TPSA) is 75.8 Å². The molecule has 0 bridgehead atoms. The van der Waals surface area contributed by atoms with Crippen LogP contribution in [0.3, 0.4) is 0 Å². The molecule has 0 aliphatic carbocycles. The monoisotopic (exact) mass is 294 g/mol. The molecule has 6 nitrogen and oxygen atoms in total. The van der Waals surface area contributed by atoms with Crippen molar-refractivity contribution in [1.29, 1.82) is 0 Å². The van der Waals surface area contributed by atoms with E-state index in [1.807, 2.05) is 0 Å². The van der Waals surface area contributed by atoms with Crippen molar-refractivity contribution in [3.05, 3.63) is 50.6 Å². The minimum Gasteiger partial charge on any atom is -0.270 e. The van der Waals surface area contributed by atoms with Crippen LogP contribution in [0.5, 0.6) is 0 Å². The van der Waals surface area contributed by atoms with Gasteiger partial charge in [-0.25, -0.2) is 9.38 Å². The minimum atomic E-state index is -0.613. The fourth-order valence-corrected chi connectivity index (χ4v) is 2.75. The molecule has 0 saturated heterocycles. The molecule has 0 radical (unpaired) electrons. The predicted octanol–water partition coefficient (Wildman–Crippen LogP) is 2.09. The second kappa shape index (κ2) is 4.60. The molecule has 1 amide bonds. The first-order valence-electron chi connectivity index (χ1n) is 5.34. The van der Waals surface area contributed by atoms with Gasteiger partial charge in [-0.2, -0.15) is 5.11 Å². The SMILES string of the molecule is O=C1NN=NC1c1ccc(-n2sc(Cl)cc2=O)cc1. The molecule has 1 aromatic heterocycles. The van der Waals surface area contributed by atoms with Gasteiger partial charge in [0.05, 0.1) is 5.69 Å². The van der Waals surface area contributed by atoms with Crippen LogP contribution in [0, 0.1) is 0 Å². The van der Waals surface area contributed by atoms with Gasteiger partial charge in [-0.3, -0.25) is 9.59 Å². The van der Waals surface area contributed by atoms with Gasteiger partial charge in [0.1, 0.15) is 4.34 Å². The molecule has 2 heterocycles. The summed E-state index contributed by atoms with van der Waals surface area (Å²) in [6.07, 6.45) is 0. The van der Waals surface area contributed by atoms with Gasteiger partial charge in [0, 0.05) is 6.07 Å². The van der Waals surface area contributed by atoms with Crippen LogP contribution in [0.25, 0.3) is 5.69 Å². The van der Waals surface area contributed by atoms with Gasteiger partial charge in [0.25, 0.3) is 11.5 Å². The van der Waals surface area contributed by atoms with Crippen LogP contribution in [0.2, 0.25) is 4.34 Å². The molecule has 3 rings (SSSR count). The highest BCUT2D eigenvalue weighted by molar-refractivity contribution is 7.11. The first kappa shape index (κ1) is 12.1. The van der Waals surface area contributed by atoms with E-state index in [1.165, 1.54) is 10.0 Å². The zero-order valence-electron chi connectivity index (χ0n) is 9.41. The van der Waals surface area contributed by atoms with Gasteiger partial charge < -0.3 is 0 Å². The minimum absolute atomic E-state index is 0.180. The Morgan fingerprint density at radius 3 is 2.53 bits per heavy atom. The lowest BCUT2D eigenvalue weighted by molar-refractivity contribution is -0.120. The number of amides is 1. The molecule has 1 N–H and O–H groups in total. The molecule has 1 aromatic carbocycles. The summed E-state index contributed by atoms with van der Waals surface area (Å²) in [4.78, 5) is 23.0. The molecule has 1 unspecified atom stereocenters. The number of benzene rings is 1. The number of rotatable bonds is 2. The summed E-state index contributed by atoms with van der Waals surface area (Å²) in [7, 11) is 0. The van der Waals surface area contributed by atoms with E-state index in [2.05, 4.69) is 15.8 Å². The molecule has 0 saturated carbocycles. The molecule has 1 aliphatic heterocycles. The molecule has 2 aromatic rings. The summed E-state index contributed by atoms with van der Waals surface area (Å²) in [5.41, 5.74) is 3.51. The summed E-state index contributed by atoms with van der Waals surface area (Å²) < 4.78 is 1.90. The van der Waals surface area contributed by atoms with Crippen LogP contribution in [0.1, 0.15) is 11.6 Å². The largest absolute Gasteiger partial charge is 0.272 e. The van der Waals surface area contributed by atoms with Crippen LogP contribution < -0.4 is 11.0 Å². The van der Waals surface area contributed by atoms with E-state index < -0.39 is 6.04 Å². The van der Waals surface area contributed by atoms with Crippen molar-refractivity contribution in [3.8, 4) is 5.69 Å². The Morgan fingerprint density at radius 2 is 2.00 bits per heavy atom. The molecular formula is C11H7ClN4O2S. The van der Waals surface area contributed by atoms with Crippen molar-refractivity contribution >= 4 is 29.0 Å². The average Bonchev–Trinajstić information content (AvgIpc) is 2.96. The third kappa shape index (κ3) is 2.18. The fourth-order valence-electron chi connectivity index (χ4n) is 1.75. The van der Waals surface area contributed by atoms with Crippen molar-refractivity contribution < 1.29 is 4.79 Å². The van der Waals surface area contributed by atoms with Crippen LogP contribution >= 0.6 is 23.1 Å². The van der Waals surface area contributed by atoms with E-state index in [-0.39, 0.29) is 11.5 Å². The standard InChI is InChI=1S/C11H7ClN4O2S/c12-8-5-9(17)16(19-8)7-3-1-6(2-4-7)10-11(18)14-15-13-10/h1-5,10H,(H,13,14,18). The van der Waals surface area contributed by atoms with Crippen molar-refractivity contribution in [2.75, 3.05) is 0 Å². The van der Waals surface area contributed by atoms with E-state index in [9.17, 15) is 9.59 Å². The maximum atomic E-state index is 11.6. The second-order valence-corrected chi connectivity index (χ2v) is 5.48. The van der Waals surface area contributed by atoms with Crippen LogP contribution in [-0.2, 0) is 4.79 Å². The Kier molecular flexibility index (Phi) is 2.92. The Hall–Kier alpha value is -1.99. The van der Waals surface area contributed by atoms with E-state index >= 15 is 0 Å². The lowest BCUT2D eigenvalue weighted by atomic mass is 10.1. The molecule has 0 spiro atoms. The van der Waals surface area contributed by atoms with E-state index in [4.69, 9.17) is 11.6 Å². The van der Waals surface area contributed by atoms with Crippen molar-refractivity contribution in [1.82, 2.24) is 9.38 Å². The van der Waals surface area contributed by atoms with Gasteiger partial charge in [-0.1, -0.05) is 29.0 Å². The second-order valence-electron chi connectivity index (χ2n) is 3.86. The average molecular weight is 295 g/mol. The van der Waals surface area contributed by atoms with Gasteiger partial charge >= 0.3 is 0 Å². The van der Waals surface area contributed by atoms with Gasteiger partial charge in [-0.15, -0.1) is 0 Å². The Morgan fingerprint density at radius 1 is 1.26 bits per heavy atom. The Balaban J connectivity index is 1.95. The zero-order valence-corrected chi connectivity index (χ0v) is 11.0. The number of nitrogens with one attached hydrogen (secondary N) is 1. The number of carbonyl (C=O) groups excluding carboxylic acids is 1. The zero-order chi connectivity index (χ0) is 13.4. The fraction of sp³-hybridized carbons (Fsp3) is 0.0909. The third-order valence-electron chi connectivity index (χ3n) is 2.64. The smallest absolute Gasteiger partial charge is 0.270 e. The number of aromatic nitrogens is 1. The number of carbonyl (C=O) groups is 1. The first-order chi connectivity index (χ1) is 9.15. The molecule has 0 fully saturated rings. The van der Waals surface area contributed by atoms with Crippen molar-refractivity contribution in [2.24, 2.45) is 10.3 Å². The van der Waals surface area contributed by atoms with E-state index in [1.54, 1.807) is 24.3 Å². The maximum absolute atomic E-state index is 11.6. The van der Waals surface area contributed by atoms with Crippen LogP contribution in [0.15, 0.2) is 45.5 Å². The van der Waals surface area contributed by atoms with Gasteiger partial charge in [-0.05, 0) is 29.2 Å². The summed E-state index contributed by atoms with van der Waals surface area (Å²) >= 11 is 6.94. The van der Waals surface area contributed by atoms with E-state index in [0.29, 0.717) is 10.0 Å². The van der Waals surface area contributed by atoms with Crippen LogP contribution in [0.4, 0.5) is 0 Å². The summed E-state index contributed by atoms with van der Waals surface area (Å²) in [6, 6.07) is 7.71. The maximum Gasteiger partial charge on any atom is 0.272 e. The number of nitrogens with zero attached hydrogens (tertiary/aromatic N) is 3. The van der Waals surface area contributed by atoms with Gasteiger partial charge in [0.2, 0.25) is 0 Å². The Bertz CT molecular complexity index is 719. The van der Waals surface area contributed by atoms with Crippen molar-refractivity contribution in [3.63, 3.8) is 0 Å². The van der Waals surface area contributed by atoms with E-state index in [0.717, 1.165) is 17.1 Å². The summed E-state index contributed by atoms with van der Waals surface area (Å²) in [6.45, 7) is 0. The molecule has 96 valence electrons. The highest BCUT2D eigenvalue weighted by Gasteiger charge is 2.24. The Labute approximate surface area is 116 Å². The predicted molar refractivity (Wildman–Crippen MR) is 70.7 cm³/mol. The lowest BCUT2D eigenvalue weighted by Crippen LogP contribution is -2.17. The first-order valence-corrected chi connectivity index (χ1v) is 6.49. The number of hydrogen-bond donors (Lipinski definition) is 1. The normalized spacial score (nSPS) is 17.7. The highest BCUT2D eigenvalue weighted by atomic mass is 35.5. The van der Waals surface area contributed by atoms with Gasteiger partial charge in [0.15, 0.2) is 6.04 Å². The molecule has 1 atom stereocenters. The molecular weight excluding hydrogens is 288 g/mol. The highest BCUT2D eigenvalue weighted by Crippen LogP contribution is 2.23. The number of halogens is 1. The van der Waals surface area contributed by atoms with Crippen LogP contribution in [-0.4, -0.2) is 9.86 Å². The number of hydrogen-bond acceptors (Lipinski definition) is 5. The van der Waals surface area contributed by atoms with Crippen molar-refractivity contribution in [2.45, 2.75) is 6.04 Å².